The maximum Gasteiger partial charge on any atom is 0.341 e. The number of esters is 2. The summed E-state index contributed by atoms with van der Waals surface area (Å²) in [7, 11) is 0. The fourth-order valence-corrected chi connectivity index (χ4v) is 2.52. The molecule has 0 aliphatic heterocycles. The van der Waals surface area contributed by atoms with Crippen LogP contribution in [-0.2, 0) is 14.3 Å². The smallest absolute Gasteiger partial charge is 0.341 e. The topological polar surface area (TPSA) is 88.8 Å². The average molecular weight is 336 g/mol. The second kappa shape index (κ2) is 7.88. The molecule has 0 aliphatic carbocycles. The Bertz CT molecular complexity index is 650. The van der Waals surface area contributed by atoms with Crippen molar-refractivity contribution in [3.63, 3.8) is 0 Å². The molecule has 1 rings (SSSR count). The minimum atomic E-state index is -1.13. The van der Waals surface area contributed by atoms with Crippen molar-refractivity contribution in [3.05, 3.63) is 16.5 Å². The second-order valence-corrected chi connectivity index (χ2v) is 6.60. The van der Waals surface area contributed by atoms with E-state index in [-0.39, 0.29) is 6.61 Å². The van der Waals surface area contributed by atoms with Gasteiger partial charge in [0.1, 0.15) is 10.6 Å². The van der Waals surface area contributed by atoms with Crippen LogP contribution in [-0.4, -0.2) is 30.4 Å². The first-order valence-electron chi connectivity index (χ1n) is 7.11. The highest BCUT2D eigenvalue weighted by molar-refractivity contribution is 7.14. The summed E-state index contributed by atoms with van der Waals surface area (Å²) in [4.78, 5) is 28.0. The molecule has 0 bridgehead atoms. The maximum atomic E-state index is 11.9. The molecule has 0 spiro atoms. The van der Waals surface area contributed by atoms with Crippen LogP contribution in [0.4, 0.5) is 5.00 Å². The molecule has 0 aromatic carbocycles. The molecule has 0 saturated heterocycles. The molecule has 124 valence electrons. The number of carbonyl (C=O) groups is 2. The lowest BCUT2D eigenvalue weighted by molar-refractivity contribution is -0.155. The molecule has 0 amide bonds. The number of rotatable bonds is 5. The van der Waals surface area contributed by atoms with Crippen LogP contribution in [0.3, 0.4) is 0 Å². The highest BCUT2D eigenvalue weighted by atomic mass is 32.1. The van der Waals surface area contributed by atoms with Crippen LogP contribution >= 0.6 is 11.3 Å². The third kappa shape index (κ3) is 5.49. The third-order valence-corrected chi connectivity index (χ3v) is 3.58. The Hall–Kier alpha value is -2.20. The number of hydrogen-bond acceptors (Lipinski definition) is 7. The lowest BCUT2D eigenvalue weighted by Gasteiger charge is -2.20. The predicted molar refractivity (Wildman–Crippen MR) is 88.1 cm³/mol. The highest BCUT2D eigenvalue weighted by Gasteiger charge is 2.24. The van der Waals surface area contributed by atoms with Gasteiger partial charge in [-0.25, -0.2) is 9.79 Å². The van der Waals surface area contributed by atoms with Crippen molar-refractivity contribution in [2.45, 2.75) is 40.2 Å². The Morgan fingerprint density at radius 3 is 2.65 bits per heavy atom. The van der Waals surface area contributed by atoms with E-state index in [9.17, 15) is 9.59 Å². The van der Waals surface area contributed by atoms with Crippen molar-refractivity contribution in [2.24, 2.45) is 10.9 Å². The molecule has 23 heavy (non-hydrogen) atoms. The van der Waals surface area contributed by atoms with Crippen molar-refractivity contribution in [3.8, 4) is 6.07 Å². The van der Waals surface area contributed by atoms with Gasteiger partial charge in [-0.2, -0.15) is 5.26 Å². The summed E-state index contributed by atoms with van der Waals surface area (Å²) >= 11 is 1.25. The molecule has 0 radical (unpaired) electrons. The summed E-state index contributed by atoms with van der Waals surface area (Å²) in [5, 5.41) is 11.3. The van der Waals surface area contributed by atoms with E-state index in [0.717, 1.165) is 5.56 Å². The lowest BCUT2D eigenvalue weighted by atomic mass is 10.1. The third-order valence-electron chi connectivity index (χ3n) is 2.58. The summed E-state index contributed by atoms with van der Waals surface area (Å²) in [5.41, 5.74) is 0.413. The molecule has 0 fully saturated rings. The zero-order chi connectivity index (χ0) is 17.6. The van der Waals surface area contributed by atoms with Gasteiger partial charge in [0.05, 0.1) is 18.2 Å². The molecular formula is C16H20N2O4S. The van der Waals surface area contributed by atoms with E-state index < -0.39 is 23.5 Å². The number of carbonyl (C=O) groups excluding carboxylic acids is 2. The standard InChI is InChI=1S/C16H20N2O4S/c1-6-21-15(20)12-10(2)9-23-13(12)18-8-11(7-17)14(19)22-16(3,4)5/h8-9,11H,6H2,1-5H3. The van der Waals surface area contributed by atoms with Crippen molar-refractivity contribution in [2.75, 3.05) is 6.61 Å². The molecule has 6 nitrogen and oxygen atoms in total. The summed E-state index contributed by atoms with van der Waals surface area (Å²) in [5.74, 6) is -2.27. The van der Waals surface area contributed by atoms with Gasteiger partial charge in [0.15, 0.2) is 5.92 Å². The number of thiophene rings is 1. The summed E-state index contributed by atoms with van der Waals surface area (Å²) < 4.78 is 10.2. The first-order chi connectivity index (χ1) is 10.7. The van der Waals surface area contributed by atoms with Gasteiger partial charge >= 0.3 is 11.9 Å². The lowest BCUT2D eigenvalue weighted by Crippen LogP contribution is -2.28. The number of hydrogen-bond donors (Lipinski definition) is 0. The van der Waals surface area contributed by atoms with Gasteiger partial charge < -0.3 is 9.47 Å². The Morgan fingerprint density at radius 1 is 1.48 bits per heavy atom. The van der Waals surface area contributed by atoms with Gasteiger partial charge in [0.25, 0.3) is 0 Å². The van der Waals surface area contributed by atoms with Gasteiger partial charge in [-0.1, -0.05) is 0 Å². The van der Waals surface area contributed by atoms with E-state index >= 15 is 0 Å². The summed E-state index contributed by atoms with van der Waals surface area (Å²) in [6, 6.07) is 1.84. The van der Waals surface area contributed by atoms with E-state index in [4.69, 9.17) is 14.7 Å². The monoisotopic (exact) mass is 336 g/mol. The van der Waals surface area contributed by atoms with Crippen LogP contribution in [0.1, 0.15) is 43.6 Å². The van der Waals surface area contributed by atoms with Crippen LogP contribution in [0.15, 0.2) is 10.4 Å². The van der Waals surface area contributed by atoms with Crippen LogP contribution in [0, 0.1) is 24.2 Å². The zero-order valence-electron chi connectivity index (χ0n) is 13.9. The van der Waals surface area contributed by atoms with Gasteiger partial charge in [-0.05, 0) is 45.6 Å². The molecule has 1 atom stereocenters. The molecular weight excluding hydrogens is 316 g/mol. The van der Waals surface area contributed by atoms with Crippen molar-refractivity contribution in [1.29, 1.82) is 5.26 Å². The van der Waals surface area contributed by atoms with Crippen LogP contribution in [0.25, 0.3) is 0 Å². The Morgan fingerprint density at radius 2 is 2.13 bits per heavy atom. The number of nitrogens with zero attached hydrogens (tertiary/aromatic N) is 2. The summed E-state index contributed by atoms with van der Waals surface area (Å²) in [6.07, 6.45) is 1.20. The molecule has 0 N–H and O–H groups in total. The van der Waals surface area contributed by atoms with Gasteiger partial charge in [0.2, 0.25) is 0 Å². The van der Waals surface area contributed by atoms with E-state index in [1.54, 1.807) is 40.0 Å². The average Bonchev–Trinajstić information content (AvgIpc) is 2.79. The molecule has 0 aliphatic rings. The minimum Gasteiger partial charge on any atom is -0.462 e. The number of aryl methyl sites for hydroxylation is 1. The predicted octanol–water partition coefficient (Wildman–Crippen LogP) is 3.42. The minimum absolute atomic E-state index is 0.260. The number of aliphatic imine (C=N–C) groups is 1. The first kappa shape index (κ1) is 18.8. The molecule has 1 aromatic heterocycles. The second-order valence-electron chi connectivity index (χ2n) is 5.74. The van der Waals surface area contributed by atoms with E-state index in [1.165, 1.54) is 17.6 Å². The Kier molecular flexibility index (Phi) is 6.46. The van der Waals surface area contributed by atoms with E-state index in [0.29, 0.717) is 10.6 Å². The van der Waals surface area contributed by atoms with Crippen LogP contribution in [0.2, 0.25) is 0 Å². The molecule has 7 heteroatoms. The molecule has 0 saturated carbocycles. The van der Waals surface area contributed by atoms with Gasteiger partial charge in [-0.15, -0.1) is 11.3 Å². The molecule has 1 heterocycles. The van der Waals surface area contributed by atoms with E-state index in [1.807, 2.05) is 6.07 Å². The molecule has 1 aromatic rings. The fraction of sp³-hybridized carbons (Fsp3) is 0.500. The fourth-order valence-electron chi connectivity index (χ4n) is 1.63. The largest absolute Gasteiger partial charge is 0.462 e. The normalized spacial score (nSPS) is 12.7. The van der Waals surface area contributed by atoms with Crippen molar-refractivity contribution in [1.82, 2.24) is 0 Å². The van der Waals surface area contributed by atoms with Crippen LogP contribution in [0.5, 0.6) is 0 Å². The maximum absolute atomic E-state index is 11.9. The van der Waals surface area contributed by atoms with Crippen LogP contribution < -0.4 is 0 Å². The Balaban J connectivity index is 2.98. The number of nitriles is 1. The number of ether oxygens (including phenoxy) is 2. The van der Waals surface area contributed by atoms with E-state index in [2.05, 4.69) is 4.99 Å². The zero-order valence-corrected chi connectivity index (χ0v) is 14.7. The first-order valence-corrected chi connectivity index (χ1v) is 7.99. The highest BCUT2D eigenvalue weighted by Crippen LogP contribution is 2.31. The van der Waals surface area contributed by atoms with Crippen molar-refractivity contribution < 1.29 is 19.1 Å². The van der Waals surface area contributed by atoms with Crippen molar-refractivity contribution >= 4 is 34.5 Å². The summed E-state index contributed by atoms with van der Waals surface area (Å²) in [6.45, 7) is 8.91. The van der Waals surface area contributed by atoms with Gasteiger partial charge in [0, 0.05) is 6.21 Å². The molecule has 1 unspecified atom stereocenters. The quantitative estimate of drug-likeness (QED) is 0.607. The Labute approximate surface area is 139 Å². The SMILES string of the molecule is CCOC(=O)c1c(C)csc1N=CC(C#N)C(=O)OC(C)(C)C. The van der Waals surface area contributed by atoms with Gasteiger partial charge in [-0.3, -0.25) is 4.79 Å².